The monoisotopic (exact) mass is 338 g/mol. The highest BCUT2D eigenvalue weighted by molar-refractivity contribution is 7.99. The number of nitrogens with zero attached hydrogens (tertiary/aromatic N) is 4. The number of aromatic nitrogens is 4. The van der Waals surface area contributed by atoms with Crippen molar-refractivity contribution < 1.29 is 9.13 Å². The highest BCUT2D eigenvalue weighted by atomic mass is 32.2. The van der Waals surface area contributed by atoms with Gasteiger partial charge in [-0.2, -0.15) is 21.4 Å². The Morgan fingerprint density at radius 2 is 2.05 bits per heavy atom. The summed E-state index contributed by atoms with van der Waals surface area (Å²) in [6, 6.07) is 5.94. The first-order chi connectivity index (χ1) is 10.6. The van der Waals surface area contributed by atoms with Crippen LogP contribution in [0.2, 0.25) is 0 Å². The van der Waals surface area contributed by atoms with Crippen molar-refractivity contribution >= 4 is 28.1 Å². The van der Waals surface area contributed by atoms with Crippen LogP contribution in [0.5, 0.6) is 5.75 Å². The Hall–Kier alpha value is -1.67. The van der Waals surface area contributed by atoms with E-state index in [-0.39, 0.29) is 5.82 Å². The van der Waals surface area contributed by atoms with Crippen molar-refractivity contribution in [2.24, 2.45) is 0 Å². The first-order valence-corrected chi connectivity index (χ1v) is 8.68. The molecule has 0 spiro atoms. The Morgan fingerprint density at radius 3 is 2.77 bits per heavy atom. The van der Waals surface area contributed by atoms with Crippen LogP contribution in [0.1, 0.15) is 24.7 Å². The van der Waals surface area contributed by atoms with Crippen LogP contribution in [0.15, 0.2) is 24.3 Å². The maximum atomic E-state index is 12.8. The fourth-order valence-electron chi connectivity index (χ4n) is 1.76. The zero-order valence-electron chi connectivity index (χ0n) is 12.2. The van der Waals surface area contributed by atoms with Crippen molar-refractivity contribution in [2.45, 2.75) is 31.5 Å². The van der Waals surface area contributed by atoms with Gasteiger partial charge in [-0.05, 0) is 29.5 Å². The van der Waals surface area contributed by atoms with Gasteiger partial charge < -0.3 is 4.74 Å². The average molecular weight is 338 g/mol. The maximum absolute atomic E-state index is 12.8. The normalized spacial score (nSPS) is 11.5. The molecule has 0 bridgehead atoms. The molecule has 8 heteroatoms. The van der Waals surface area contributed by atoms with E-state index in [1.54, 1.807) is 28.4 Å². The van der Waals surface area contributed by atoms with E-state index in [1.165, 1.54) is 23.5 Å². The highest BCUT2D eigenvalue weighted by Gasteiger charge is 2.12. The van der Waals surface area contributed by atoms with Gasteiger partial charge in [-0.1, -0.05) is 25.2 Å². The Kier molecular flexibility index (Phi) is 4.58. The first kappa shape index (κ1) is 15.2. The van der Waals surface area contributed by atoms with E-state index >= 15 is 0 Å². The van der Waals surface area contributed by atoms with E-state index in [2.05, 4.69) is 29.1 Å². The van der Waals surface area contributed by atoms with Crippen LogP contribution >= 0.6 is 23.1 Å². The molecule has 0 saturated carbocycles. The molecular formula is C14H15FN4OS2. The van der Waals surface area contributed by atoms with Crippen molar-refractivity contribution in [1.29, 1.82) is 0 Å². The summed E-state index contributed by atoms with van der Waals surface area (Å²) in [6.07, 6.45) is 0. The molecule has 0 fully saturated rings. The third-order valence-corrected chi connectivity index (χ3v) is 4.78. The zero-order valence-corrected chi connectivity index (χ0v) is 13.8. The van der Waals surface area contributed by atoms with Gasteiger partial charge in [0.05, 0.1) is 5.75 Å². The molecule has 3 rings (SSSR count). The summed E-state index contributed by atoms with van der Waals surface area (Å²) in [5.74, 6) is 1.96. The van der Waals surface area contributed by atoms with Gasteiger partial charge in [0.25, 0.3) is 0 Å². The molecule has 2 heterocycles. The number of thioether (sulfide) groups is 1. The molecule has 0 amide bonds. The van der Waals surface area contributed by atoms with Crippen LogP contribution in [0.3, 0.4) is 0 Å². The molecule has 0 atom stereocenters. The van der Waals surface area contributed by atoms with Crippen LogP contribution in [-0.4, -0.2) is 25.1 Å². The quantitative estimate of drug-likeness (QED) is 0.688. The summed E-state index contributed by atoms with van der Waals surface area (Å²) in [5, 5.41) is 14.1. The number of fused-ring (bicyclic) bond motifs is 1. The minimum atomic E-state index is -0.279. The number of halogens is 1. The fourth-order valence-corrected chi connectivity index (χ4v) is 3.19. The minimum absolute atomic E-state index is 0.279. The van der Waals surface area contributed by atoms with Crippen LogP contribution in [0.25, 0.3) is 4.96 Å². The molecule has 5 nitrogen and oxygen atoms in total. The highest BCUT2D eigenvalue weighted by Crippen LogP contribution is 2.20. The van der Waals surface area contributed by atoms with Crippen molar-refractivity contribution in [3.05, 3.63) is 40.9 Å². The van der Waals surface area contributed by atoms with E-state index in [1.807, 2.05) is 0 Å². The van der Waals surface area contributed by atoms with E-state index in [0.29, 0.717) is 17.6 Å². The Labute approximate surface area is 135 Å². The van der Waals surface area contributed by atoms with Gasteiger partial charge in [0.15, 0.2) is 10.8 Å². The lowest BCUT2D eigenvalue weighted by molar-refractivity contribution is 0.303. The lowest BCUT2D eigenvalue weighted by atomic mass is 10.3. The van der Waals surface area contributed by atoms with Gasteiger partial charge in [-0.3, -0.25) is 0 Å². The Balaban J connectivity index is 1.68. The first-order valence-electron chi connectivity index (χ1n) is 6.82. The summed E-state index contributed by atoms with van der Waals surface area (Å²) >= 11 is 3.24. The lowest BCUT2D eigenvalue weighted by Crippen LogP contribution is -1.99. The molecule has 0 radical (unpaired) electrons. The van der Waals surface area contributed by atoms with Crippen LogP contribution < -0.4 is 4.74 Å². The second kappa shape index (κ2) is 6.62. The van der Waals surface area contributed by atoms with Crippen LogP contribution in [0, 0.1) is 5.82 Å². The van der Waals surface area contributed by atoms with E-state index < -0.39 is 0 Å². The molecule has 0 aliphatic heterocycles. The number of hydrogen-bond acceptors (Lipinski definition) is 6. The summed E-state index contributed by atoms with van der Waals surface area (Å²) < 4.78 is 20.2. The molecule has 22 heavy (non-hydrogen) atoms. The predicted octanol–water partition coefficient (Wildman–Crippen LogP) is 3.55. The third kappa shape index (κ3) is 3.56. The maximum Gasteiger partial charge on any atom is 0.234 e. The van der Waals surface area contributed by atoms with Crippen molar-refractivity contribution in [1.82, 2.24) is 19.8 Å². The largest absolute Gasteiger partial charge is 0.486 e. The van der Waals surface area contributed by atoms with Gasteiger partial charge >= 0.3 is 0 Å². The van der Waals surface area contributed by atoms with E-state index in [0.717, 1.165) is 21.5 Å². The molecule has 0 aliphatic carbocycles. The van der Waals surface area contributed by atoms with Gasteiger partial charge in [0.2, 0.25) is 4.96 Å². The summed E-state index contributed by atoms with van der Waals surface area (Å²) in [4.78, 5) is 0.761. The molecular weight excluding hydrogens is 323 g/mol. The molecule has 1 aromatic carbocycles. The van der Waals surface area contributed by atoms with Crippen molar-refractivity contribution in [2.75, 3.05) is 0 Å². The second-order valence-electron chi connectivity index (χ2n) is 4.91. The predicted molar refractivity (Wildman–Crippen MR) is 85.8 cm³/mol. The van der Waals surface area contributed by atoms with Gasteiger partial charge in [-0.15, -0.1) is 10.2 Å². The number of rotatable bonds is 6. The molecule has 0 N–H and O–H groups in total. The second-order valence-corrected chi connectivity index (χ2v) is 7.51. The number of ether oxygens (including phenoxy) is 1. The molecule has 0 saturated heterocycles. The Bertz CT molecular complexity index is 754. The fraction of sp³-hybridized carbons (Fsp3) is 0.357. The van der Waals surface area contributed by atoms with E-state index in [9.17, 15) is 4.39 Å². The van der Waals surface area contributed by atoms with Gasteiger partial charge in [0, 0.05) is 0 Å². The average Bonchev–Trinajstić information content (AvgIpc) is 3.05. The molecule has 3 aromatic rings. The van der Waals surface area contributed by atoms with Crippen LogP contribution in [-0.2, 0) is 12.4 Å². The summed E-state index contributed by atoms with van der Waals surface area (Å²) in [6.45, 7) is 4.62. The third-order valence-electron chi connectivity index (χ3n) is 2.82. The van der Waals surface area contributed by atoms with Crippen LogP contribution in [0.4, 0.5) is 4.39 Å². The van der Waals surface area contributed by atoms with E-state index in [4.69, 9.17) is 4.74 Å². The van der Waals surface area contributed by atoms with Gasteiger partial charge in [-0.25, -0.2) is 4.39 Å². The summed E-state index contributed by atoms with van der Waals surface area (Å²) in [5.41, 5.74) is 0. The topological polar surface area (TPSA) is 52.3 Å². The Morgan fingerprint density at radius 1 is 1.27 bits per heavy atom. The lowest BCUT2D eigenvalue weighted by Gasteiger charge is -2.03. The SMILES string of the molecule is CC(C)SCc1nnc2sc(COc3ccc(F)cc3)nn12. The zero-order chi connectivity index (χ0) is 15.5. The molecule has 2 aromatic heterocycles. The minimum Gasteiger partial charge on any atom is -0.486 e. The number of hydrogen-bond donors (Lipinski definition) is 0. The van der Waals surface area contributed by atoms with Gasteiger partial charge in [0.1, 0.15) is 18.2 Å². The molecule has 116 valence electrons. The molecule has 0 aliphatic rings. The standard InChI is InChI=1S/C14H15FN4OS2/c1-9(2)21-8-12-16-17-14-19(12)18-13(22-14)7-20-11-5-3-10(15)4-6-11/h3-6,9H,7-8H2,1-2H3. The smallest absolute Gasteiger partial charge is 0.234 e. The van der Waals surface area contributed by atoms with Crippen molar-refractivity contribution in [3.63, 3.8) is 0 Å². The van der Waals surface area contributed by atoms with Crippen molar-refractivity contribution in [3.8, 4) is 5.75 Å². The summed E-state index contributed by atoms with van der Waals surface area (Å²) in [7, 11) is 0. The number of benzene rings is 1. The molecule has 0 unspecified atom stereocenters.